The van der Waals surface area contributed by atoms with Gasteiger partial charge in [0.1, 0.15) is 12.1 Å². The lowest BCUT2D eigenvalue weighted by Gasteiger charge is -2.30. The lowest BCUT2D eigenvalue weighted by Crippen LogP contribution is -2.42. The molecular weight excluding hydrogens is 354 g/mol. The number of anilines is 1. The normalized spacial score (nSPS) is 12.4. The number of hydrogen-bond donors (Lipinski definition) is 3. The first-order valence-corrected chi connectivity index (χ1v) is 10.0. The first-order valence-electron chi connectivity index (χ1n) is 10.0. The first-order chi connectivity index (χ1) is 13.4. The molecule has 3 N–H and O–H groups in total. The van der Waals surface area contributed by atoms with E-state index in [1.165, 1.54) is 0 Å². The summed E-state index contributed by atoms with van der Waals surface area (Å²) in [6.07, 6.45) is 4.41. The van der Waals surface area contributed by atoms with E-state index in [0.717, 1.165) is 55.4 Å². The standard InChI is InChI=1S/C19H35N9/c1-14(2)28(15(3)4)11-7-8-22-19(20-5)23-10-9-21-17-16-12-26-27(6)18(16)25-13-24-17/h12-15H,7-11H2,1-6H3,(H2,20,22,23)(H,21,24,25). The van der Waals surface area contributed by atoms with Gasteiger partial charge in [0.25, 0.3) is 0 Å². The van der Waals surface area contributed by atoms with Gasteiger partial charge in [-0.2, -0.15) is 5.10 Å². The van der Waals surface area contributed by atoms with E-state index < -0.39 is 0 Å². The molecule has 9 heteroatoms. The molecule has 0 aliphatic heterocycles. The minimum absolute atomic E-state index is 0.566. The largest absolute Gasteiger partial charge is 0.368 e. The third kappa shape index (κ3) is 6.05. The van der Waals surface area contributed by atoms with Crippen molar-refractivity contribution in [2.45, 2.75) is 46.2 Å². The zero-order valence-corrected chi connectivity index (χ0v) is 18.0. The maximum atomic E-state index is 4.31. The van der Waals surface area contributed by atoms with Gasteiger partial charge in [-0.3, -0.25) is 14.6 Å². The maximum absolute atomic E-state index is 4.31. The van der Waals surface area contributed by atoms with E-state index in [9.17, 15) is 0 Å². The van der Waals surface area contributed by atoms with Crippen LogP contribution in [-0.2, 0) is 7.05 Å². The molecule has 0 fully saturated rings. The monoisotopic (exact) mass is 389 g/mol. The molecule has 0 amide bonds. The Kier molecular flexibility index (Phi) is 8.43. The van der Waals surface area contributed by atoms with Crippen LogP contribution >= 0.6 is 0 Å². The molecule has 2 heterocycles. The molecule has 9 nitrogen and oxygen atoms in total. The Hall–Kier alpha value is -2.42. The second-order valence-corrected chi connectivity index (χ2v) is 7.36. The van der Waals surface area contributed by atoms with E-state index in [1.54, 1.807) is 24.3 Å². The number of hydrogen-bond acceptors (Lipinski definition) is 6. The average molecular weight is 390 g/mol. The molecule has 0 atom stereocenters. The zero-order valence-electron chi connectivity index (χ0n) is 18.0. The molecule has 2 aromatic heterocycles. The number of nitrogens with one attached hydrogen (secondary N) is 3. The van der Waals surface area contributed by atoms with Crippen LogP contribution in [0.1, 0.15) is 34.1 Å². The van der Waals surface area contributed by atoms with Gasteiger partial charge in [0.05, 0.1) is 11.6 Å². The molecule has 0 aliphatic rings. The summed E-state index contributed by atoms with van der Waals surface area (Å²) in [7, 11) is 3.67. The average Bonchev–Trinajstić information content (AvgIpc) is 3.04. The van der Waals surface area contributed by atoms with Crippen molar-refractivity contribution >= 4 is 22.8 Å². The highest BCUT2D eigenvalue weighted by Crippen LogP contribution is 2.17. The lowest BCUT2D eigenvalue weighted by atomic mass is 10.2. The first kappa shape index (κ1) is 21.9. The predicted octanol–water partition coefficient (Wildman–Crippen LogP) is 1.45. The SMILES string of the molecule is CN=C(NCCCN(C(C)C)C(C)C)NCCNc1ncnc2c1cnn2C. The molecule has 0 unspecified atom stereocenters. The van der Waals surface area contributed by atoms with Crippen LogP contribution in [0, 0.1) is 0 Å². The molecule has 0 saturated carbocycles. The molecule has 0 aromatic carbocycles. The highest BCUT2D eigenvalue weighted by Gasteiger charge is 2.12. The summed E-state index contributed by atoms with van der Waals surface area (Å²) in [5, 5.41) is 15.2. The molecule has 28 heavy (non-hydrogen) atoms. The van der Waals surface area contributed by atoms with E-state index >= 15 is 0 Å². The van der Waals surface area contributed by atoms with E-state index in [-0.39, 0.29) is 0 Å². The van der Waals surface area contributed by atoms with E-state index in [1.807, 2.05) is 7.05 Å². The van der Waals surface area contributed by atoms with Crippen LogP contribution in [0.15, 0.2) is 17.5 Å². The predicted molar refractivity (Wildman–Crippen MR) is 116 cm³/mol. The van der Waals surface area contributed by atoms with Crippen LogP contribution in [0.2, 0.25) is 0 Å². The van der Waals surface area contributed by atoms with Crippen molar-refractivity contribution in [2.24, 2.45) is 12.0 Å². The second kappa shape index (κ2) is 10.8. The number of nitrogens with zero attached hydrogens (tertiary/aromatic N) is 6. The van der Waals surface area contributed by atoms with Crippen molar-refractivity contribution in [1.29, 1.82) is 0 Å². The number of guanidine groups is 1. The van der Waals surface area contributed by atoms with Crippen LogP contribution in [0.5, 0.6) is 0 Å². The van der Waals surface area contributed by atoms with E-state index in [2.05, 4.69) is 68.6 Å². The van der Waals surface area contributed by atoms with Crippen LogP contribution < -0.4 is 16.0 Å². The summed E-state index contributed by atoms with van der Waals surface area (Å²) in [5.74, 6) is 1.61. The van der Waals surface area contributed by atoms with Crippen molar-refractivity contribution in [2.75, 3.05) is 38.5 Å². The summed E-state index contributed by atoms with van der Waals surface area (Å²) < 4.78 is 1.74. The van der Waals surface area contributed by atoms with Gasteiger partial charge in [-0.25, -0.2) is 9.97 Å². The molecule has 0 radical (unpaired) electrons. The van der Waals surface area contributed by atoms with Crippen molar-refractivity contribution in [3.8, 4) is 0 Å². The quantitative estimate of drug-likeness (QED) is 0.322. The number of aliphatic imine (C=N–C) groups is 1. The molecule has 0 saturated heterocycles. The van der Waals surface area contributed by atoms with Crippen molar-refractivity contribution in [1.82, 2.24) is 35.3 Å². The topological polar surface area (TPSA) is 95.3 Å². The minimum atomic E-state index is 0.566. The molecule has 2 aromatic rings. The maximum Gasteiger partial charge on any atom is 0.191 e. The summed E-state index contributed by atoms with van der Waals surface area (Å²) in [6, 6.07) is 1.13. The zero-order chi connectivity index (χ0) is 20.5. The Balaban J connectivity index is 1.69. The third-order valence-corrected chi connectivity index (χ3v) is 4.68. The number of rotatable bonds is 10. The van der Waals surface area contributed by atoms with Gasteiger partial charge >= 0.3 is 0 Å². The number of aromatic nitrogens is 4. The summed E-state index contributed by atoms with van der Waals surface area (Å²) in [5.41, 5.74) is 0.819. The summed E-state index contributed by atoms with van der Waals surface area (Å²) in [4.78, 5) is 15.3. The Morgan fingerprint density at radius 3 is 2.50 bits per heavy atom. The fraction of sp³-hybridized carbons (Fsp3) is 0.684. The van der Waals surface area contributed by atoms with E-state index in [0.29, 0.717) is 12.1 Å². The molecule has 0 aliphatic carbocycles. The third-order valence-electron chi connectivity index (χ3n) is 4.68. The molecule has 2 rings (SSSR count). The van der Waals surface area contributed by atoms with Gasteiger partial charge in [0, 0.05) is 52.4 Å². The van der Waals surface area contributed by atoms with Gasteiger partial charge in [-0.15, -0.1) is 0 Å². The Labute approximate surface area is 168 Å². The summed E-state index contributed by atoms with van der Waals surface area (Å²) >= 11 is 0. The van der Waals surface area contributed by atoms with Crippen LogP contribution in [0.4, 0.5) is 5.82 Å². The van der Waals surface area contributed by atoms with Gasteiger partial charge in [0.2, 0.25) is 0 Å². The molecule has 0 bridgehead atoms. The van der Waals surface area contributed by atoms with Crippen molar-refractivity contribution < 1.29 is 0 Å². The Morgan fingerprint density at radius 1 is 1.11 bits per heavy atom. The second-order valence-electron chi connectivity index (χ2n) is 7.36. The van der Waals surface area contributed by atoms with Gasteiger partial charge < -0.3 is 16.0 Å². The molecular formula is C19H35N9. The fourth-order valence-electron chi connectivity index (χ4n) is 3.27. The fourth-order valence-corrected chi connectivity index (χ4v) is 3.27. The molecule has 0 spiro atoms. The number of aryl methyl sites for hydroxylation is 1. The van der Waals surface area contributed by atoms with Gasteiger partial charge in [-0.05, 0) is 34.1 Å². The summed E-state index contributed by atoms with van der Waals surface area (Å²) in [6.45, 7) is 12.4. The Bertz CT molecular complexity index is 743. The highest BCUT2D eigenvalue weighted by atomic mass is 15.3. The van der Waals surface area contributed by atoms with Gasteiger partial charge in [0.15, 0.2) is 11.6 Å². The lowest BCUT2D eigenvalue weighted by molar-refractivity contribution is 0.173. The van der Waals surface area contributed by atoms with Crippen molar-refractivity contribution in [3.63, 3.8) is 0 Å². The Morgan fingerprint density at radius 2 is 1.82 bits per heavy atom. The van der Waals surface area contributed by atoms with Crippen LogP contribution in [0.25, 0.3) is 11.0 Å². The van der Waals surface area contributed by atoms with Crippen LogP contribution in [-0.4, -0.2) is 75.9 Å². The van der Waals surface area contributed by atoms with Crippen LogP contribution in [0.3, 0.4) is 0 Å². The van der Waals surface area contributed by atoms with Crippen molar-refractivity contribution in [3.05, 3.63) is 12.5 Å². The van der Waals surface area contributed by atoms with E-state index in [4.69, 9.17) is 0 Å². The highest BCUT2D eigenvalue weighted by molar-refractivity contribution is 5.86. The number of fused-ring (bicyclic) bond motifs is 1. The smallest absolute Gasteiger partial charge is 0.191 e. The minimum Gasteiger partial charge on any atom is -0.368 e. The van der Waals surface area contributed by atoms with Gasteiger partial charge in [-0.1, -0.05) is 0 Å². The molecule has 156 valence electrons.